The lowest BCUT2D eigenvalue weighted by molar-refractivity contribution is -0.123. The fraction of sp³-hybridized carbons (Fsp3) is 0.562. The van der Waals surface area contributed by atoms with Crippen molar-refractivity contribution < 1.29 is 9.90 Å². The molecule has 1 aromatic rings. The predicted molar refractivity (Wildman–Crippen MR) is 79.6 cm³/mol. The van der Waals surface area contributed by atoms with E-state index in [-0.39, 0.29) is 17.2 Å². The molecule has 4 nitrogen and oxygen atoms in total. The third-order valence-electron chi connectivity index (χ3n) is 3.70. The van der Waals surface area contributed by atoms with Crippen LogP contribution in [0.15, 0.2) is 24.3 Å². The molecular weight excluding hydrogens is 252 g/mol. The molecule has 110 valence electrons. The summed E-state index contributed by atoms with van der Waals surface area (Å²) < 4.78 is 0. The third-order valence-corrected chi connectivity index (χ3v) is 3.70. The van der Waals surface area contributed by atoms with Crippen molar-refractivity contribution >= 4 is 5.91 Å². The van der Waals surface area contributed by atoms with E-state index in [4.69, 9.17) is 0 Å². The largest absolute Gasteiger partial charge is 0.508 e. The van der Waals surface area contributed by atoms with Gasteiger partial charge in [-0.3, -0.25) is 4.79 Å². The van der Waals surface area contributed by atoms with E-state index in [1.165, 1.54) is 0 Å². The Bertz CT molecular complexity index is 448. The molecule has 0 aliphatic carbocycles. The zero-order valence-corrected chi connectivity index (χ0v) is 12.3. The van der Waals surface area contributed by atoms with Crippen LogP contribution >= 0.6 is 0 Å². The quantitative estimate of drug-likeness (QED) is 0.769. The molecule has 0 spiro atoms. The van der Waals surface area contributed by atoms with Crippen LogP contribution in [0.2, 0.25) is 0 Å². The summed E-state index contributed by atoms with van der Waals surface area (Å²) in [5.41, 5.74) is 0.829. The molecule has 1 saturated heterocycles. The van der Waals surface area contributed by atoms with Crippen molar-refractivity contribution in [2.24, 2.45) is 5.92 Å². The first kappa shape index (κ1) is 14.9. The second-order valence-electron chi connectivity index (χ2n) is 6.34. The summed E-state index contributed by atoms with van der Waals surface area (Å²) in [7, 11) is 0. The second kappa shape index (κ2) is 6.27. The molecule has 0 radical (unpaired) electrons. The van der Waals surface area contributed by atoms with Crippen LogP contribution in [0.3, 0.4) is 0 Å². The first-order valence-corrected chi connectivity index (χ1v) is 7.24. The van der Waals surface area contributed by atoms with Gasteiger partial charge in [0.05, 0.1) is 0 Å². The molecule has 3 N–H and O–H groups in total. The Hall–Kier alpha value is -1.55. The third kappa shape index (κ3) is 4.53. The predicted octanol–water partition coefficient (Wildman–Crippen LogP) is 1.83. The van der Waals surface area contributed by atoms with Crippen molar-refractivity contribution in [2.75, 3.05) is 13.1 Å². The van der Waals surface area contributed by atoms with E-state index in [0.717, 1.165) is 31.5 Å². The van der Waals surface area contributed by atoms with Gasteiger partial charge in [0.2, 0.25) is 5.91 Å². The van der Waals surface area contributed by atoms with Crippen molar-refractivity contribution in [1.82, 2.24) is 10.6 Å². The van der Waals surface area contributed by atoms with Crippen LogP contribution < -0.4 is 10.6 Å². The highest BCUT2D eigenvalue weighted by Crippen LogP contribution is 2.17. The molecule has 20 heavy (non-hydrogen) atoms. The molecule has 0 saturated carbocycles. The van der Waals surface area contributed by atoms with E-state index in [1.54, 1.807) is 12.1 Å². The highest BCUT2D eigenvalue weighted by atomic mass is 16.3. The molecule has 0 bridgehead atoms. The van der Waals surface area contributed by atoms with Crippen LogP contribution in [0.5, 0.6) is 5.75 Å². The second-order valence-corrected chi connectivity index (χ2v) is 6.34. The van der Waals surface area contributed by atoms with E-state index in [0.29, 0.717) is 12.3 Å². The molecule has 2 rings (SSSR count). The molecule has 1 fully saturated rings. The minimum atomic E-state index is -0.278. The topological polar surface area (TPSA) is 61.4 Å². The average molecular weight is 276 g/mol. The van der Waals surface area contributed by atoms with Gasteiger partial charge in [0, 0.05) is 12.0 Å². The van der Waals surface area contributed by atoms with Crippen molar-refractivity contribution in [1.29, 1.82) is 0 Å². The Morgan fingerprint density at radius 2 is 2.10 bits per heavy atom. The Morgan fingerprint density at radius 1 is 1.40 bits per heavy atom. The molecule has 4 heteroatoms. The van der Waals surface area contributed by atoms with Gasteiger partial charge in [-0.2, -0.15) is 0 Å². The minimum Gasteiger partial charge on any atom is -0.508 e. The van der Waals surface area contributed by atoms with Gasteiger partial charge in [0.25, 0.3) is 0 Å². The van der Waals surface area contributed by atoms with Crippen LogP contribution in [-0.2, 0) is 11.2 Å². The number of benzene rings is 1. The SMILES string of the molecule is CC(C)(Cc1ccc(O)cc1)NC(=O)CC1CCNC1. The van der Waals surface area contributed by atoms with Gasteiger partial charge in [-0.1, -0.05) is 12.1 Å². The molecule has 1 unspecified atom stereocenters. The number of carbonyl (C=O) groups excluding carboxylic acids is 1. The monoisotopic (exact) mass is 276 g/mol. The standard InChI is InChI=1S/C16H24N2O2/c1-16(2,10-12-3-5-14(19)6-4-12)18-15(20)9-13-7-8-17-11-13/h3-6,13,17,19H,7-11H2,1-2H3,(H,18,20). The zero-order chi connectivity index (χ0) is 14.6. The molecule has 1 atom stereocenters. The lowest BCUT2D eigenvalue weighted by Crippen LogP contribution is -2.45. The summed E-state index contributed by atoms with van der Waals surface area (Å²) >= 11 is 0. The van der Waals surface area contributed by atoms with Gasteiger partial charge in [0.1, 0.15) is 5.75 Å². The van der Waals surface area contributed by atoms with E-state index >= 15 is 0 Å². The van der Waals surface area contributed by atoms with E-state index in [2.05, 4.69) is 10.6 Å². The molecule has 1 heterocycles. The maximum absolute atomic E-state index is 12.1. The number of phenols is 1. The number of rotatable bonds is 5. The lowest BCUT2D eigenvalue weighted by atomic mass is 9.94. The van der Waals surface area contributed by atoms with Crippen molar-refractivity contribution in [3.8, 4) is 5.75 Å². The van der Waals surface area contributed by atoms with Crippen LogP contribution in [0.1, 0.15) is 32.3 Å². The summed E-state index contributed by atoms with van der Waals surface area (Å²) in [6.07, 6.45) is 2.44. The van der Waals surface area contributed by atoms with Gasteiger partial charge in [-0.05, 0) is 63.4 Å². The summed E-state index contributed by atoms with van der Waals surface area (Å²) in [5, 5.41) is 15.7. The van der Waals surface area contributed by atoms with Gasteiger partial charge in [-0.25, -0.2) is 0 Å². The molecule has 1 aliphatic heterocycles. The summed E-state index contributed by atoms with van der Waals surface area (Å²) in [5.74, 6) is 0.867. The van der Waals surface area contributed by atoms with Gasteiger partial charge >= 0.3 is 0 Å². The zero-order valence-electron chi connectivity index (χ0n) is 12.3. The highest BCUT2D eigenvalue weighted by Gasteiger charge is 2.24. The minimum absolute atomic E-state index is 0.127. The number of nitrogens with one attached hydrogen (secondary N) is 2. The molecule has 0 aromatic heterocycles. The number of aromatic hydroxyl groups is 1. The van der Waals surface area contributed by atoms with Crippen LogP contribution in [0, 0.1) is 5.92 Å². The Kier molecular flexibility index (Phi) is 4.65. The summed E-state index contributed by atoms with van der Waals surface area (Å²) in [4.78, 5) is 12.1. The van der Waals surface area contributed by atoms with Crippen molar-refractivity contribution in [2.45, 2.75) is 38.6 Å². The lowest BCUT2D eigenvalue weighted by Gasteiger charge is -2.27. The normalized spacial score (nSPS) is 19.0. The number of carbonyl (C=O) groups is 1. The van der Waals surface area contributed by atoms with Gasteiger partial charge < -0.3 is 15.7 Å². The molecule has 1 aliphatic rings. The van der Waals surface area contributed by atoms with Crippen LogP contribution in [-0.4, -0.2) is 29.6 Å². The summed E-state index contributed by atoms with van der Waals surface area (Å²) in [6, 6.07) is 7.14. The Morgan fingerprint density at radius 3 is 2.70 bits per heavy atom. The number of amides is 1. The van der Waals surface area contributed by atoms with Gasteiger partial charge in [0.15, 0.2) is 0 Å². The number of hydrogen-bond donors (Lipinski definition) is 3. The maximum Gasteiger partial charge on any atom is 0.220 e. The Labute approximate surface area is 120 Å². The fourth-order valence-corrected chi connectivity index (χ4v) is 2.75. The number of hydrogen-bond acceptors (Lipinski definition) is 3. The van der Waals surface area contributed by atoms with Crippen molar-refractivity contribution in [3.63, 3.8) is 0 Å². The van der Waals surface area contributed by atoms with E-state index < -0.39 is 0 Å². The fourth-order valence-electron chi connectivity index (χ4n) is 2.75. The van der Waals surface area contributed by atoms with Crippen molar-refractivity contribution in [3.05, 3.63) is 29.8 Å². The molecule has 1 aromatic carbocycles. The first-order chi connectivity index (χ1) is 9.44. The smallest absolute Gasteiger partial charge is 0.220 e. The highest BCUT2D eigenvalue weighted by molar-refractivity contribution is 5.77. The van der Waals surface area contributed by atoms with Gasteiger partial charge in [-0.15, -0.1) is 0 Å². The number of phenolic OH excluding ortho intramolecular Hbond substituents is 1. The molecular formula is C16H24N2O2. The van der Waals surface area contributed by atoms with E-state index in [1.807, 2.05) is 26.0 Å². The average Bonchev–Trinajstić information content (AvgIpc) is 2.83. The molecule has 1 amide bonds. The summed E-state index contributed by atoms with van der Waals surface area (Å²) in [6.45, 7) is 6.04. The first-order valence-electron chi connectivity index (χ1n) is 7.24. The van der Waals surface area contributed by atoms with Crippen LogP contribution in [0.25, 0.3) is 0 Å². The Balaban J connectivity index is 1.85. The maximum atomic E-state index is 12.1. The van der Waals surface area contributed by atoms with Crippen LogP contribution in [0.4, 0.5) is 0 Å². The van der Waals surface area contributed by atoms with E-state index in [9.17, 15) is 9.90 Å².